The number of aryl methyl sites for hydroxylation is 1. The Morgan fingerprint density at radius 2 is 2.04 bits per heavy atom. The van der Waals surface area contributed by atoms with Gasteiger partial charge in [-0.05, 0) is 55.5 Å². The lowest BCUT2D eigenvalue weighted by molar-refractivity contribution is 0.0664. The Morgan fingerprint density at radius 1 is 1.24 bits per heavy atom. The van der Waals surface area contributed by atoms with Crippen molar-refractivity contribution in [3.63, 3.8) is 0 Å². The molecule has 25 heavy (non-hydrogen) atoms. The van der Waals surface area contributed by atoms with Gasteiger partial charge in [-0.2, -0.15) is 0 Å². The van der Waals surface area contributed by atoms with Gasteiger partial charge in [0.1, 0.15) is 6.33 Å². The molecule has 1 amide bonds. The second kappa shape index (κ2) is 7.12. The predicted octanol–water partition coefficient (Wildman–Crippen LogP) is 3.66. The van der Waals surface area contributed by atoms with Crippen molar-refractivity contribution in [2.75, 3.05) is 19.7 Å². The second-order valence-electron chi connectivity index (χ2n) is 7.09. The lowest BCUT2D eigenvalue weighted by Gasteiger charge is -2.31. The predicted molar refractivity (Wildman–Crippen MR) is 97.2 cm³/mol. The Hall–Kier alpha value is -1.95. The molecule has 0 unspecified atom stereocenters. The van der Waals surface area contributed by atoms with Crippen molar-refractivity contribution >= 4 is 17.2 Å². The van der Waals surface area contributed by atoms with Gasteiger partial charge in [0.05, 0.1) is 17.2 Å². The minimum absolute atomic E-state index is 0.169. The summed E-state index contributed by atoms with van der Waals surface area (Å²) in [7, 11) is 0. The SMILES string of the molecule is Cc1csc(C(=O)N2CCC(COc3cc(C4CC4)ncn3)CC2)c1. The maximum atomic E-state index is 12.5. The van der Waals surface area contributed by atoms with Crippen molar-refractivity contribution in [1.29, 1.82) is 0 Å². The molecule has 2 aromatic heterocycles. The quantitative estimate of drug-likeness (QED) is 0.819. The summed E-state index contributed by atoms with van der Waals surface area (Å²) in [5.74, 6) is 1.95. The number of hydrogen-bond donors (Lipinski definition) is 0. The summed E-state index contributed by atoms with van der Waals surface area (Å²) in [4.78, 5) is 23.9. The molecule has 0 aromatic carbocycles. The number of likely N-dealkylation sites (tertiary alicyclic amines) is 1. The van der Waals surface area contributed by atoms with Crippen LogP contribution in [0.1, 0.15) is 52.5 Å². The number of hydrogen-bond acceptors (Lipinski definition) is 5. The first kappa shape index (κ1) is 16.5. The fraction of sp³-hybridized carbons (Fsp3) is 0.526. The zero-order valence-electron chi connectivity index (χ0n) is 14.5. The van der Waals surface area contributed by atoms with Crippen LogP contribution in [-0.4, -0.2) is 40.5 Å². The summed E-state index contributed by atoms with van der Waals surface area (Å²) in [6.45, 7) is 4.31. The highest BCUT2D eigenvalue weighted by molar-refractivity contribution is 7.12. The minimum Gasteiger partial charge on any atom is -0.477 e. The Balaban J connectivity index is 1.26. The third-order valence-electron chi connectivity index (χ3n) is 4.97. The van der Waals surface area contributed by atoms with E-state index < -0.39 is 0 Å². The van der Waals surface area contributed by atoms with E-state index >= 15 is 0 Å². The Kier molecular flexibility index (Phi) is 4.70. The van der Waals surface area contributed by atoms with Gasteiger partial charge in [-0.1, -0.05) is 0 Å². The average Bonchev–Trinajstić information content (AvgIpc) is 3.41. The summed E-state index contributed by atoms with van der Waals surface area (Å²) >= 11 is 1.54. The lowest BCUT2D eigenvalue weighted by atomic mass is 9.97. The zero-order valence-corrected chi connectivity index (χ0v) is 15.3. The largest absolute Gasteiger partial charge is 0.477 e. The van der Waals surface area contributed by atoms with Crippen molar-refractivity contribution in [2.45, 2.75) is 38.5 Å². The summed E-state index contributed by atoms with van der Waals surface area (Å²) in [5.41, 5.74) is 2.27. The number of aromatic nitrogens is 2. The molecule has 1 aliphatic carbocycles. The van der Waals surface area contributed by atoms with Crippen molar-refractivity contribution in [3.05, 3.63) is 40.0 Å². The normalized spacial score (nSPS) is 18.4. The van der Waals surface area contributed by atoms with Gasteiger partial charge in [0.15, 0.2) is 0 Å². The van der Waals surface area contributed by atoms with E-state index in [1.807, 2.05) is 29.3 Å². The first-order valence-electron chi connectivity index (χ1n) is 8.98. The molecular weight excluding hydrogens is 334 g/mol. The molecule has 6 heteroatoms. The molecule has 2 fully saturated rings. The fourth-order valence-electron chi connectivity index (χ4n) is 3.24. The number of carbonyl (C=O) groups is 1. The number of rotatable bonds is 5. The van der Waals surface area contributed by atoms with Gasteiger partial charge in [-0.15, -0.1) is 11.3 Å². The number of nitrogens with zero attached hydrogens (tertiary/aromatic N) is 3. The monoisotopic (exact) mass is 357 g/mol. The van der Waals surface area contributed by atoms with E-state index in [-0.39, 0.29) is 5.91 Å². The van der Waals surface area contributed by atoms with Crippen LogP contribution < -0.4 is 4.74 Å². The van der Waals surface area contributed by atoms with Gasteiger partial charge in [0.2, 0.25) is 5.88 Å². The number of amides is 1. The molecule has 1 aliphatic heterocycles. The smallest absolute Gasteiger partial charge is 0.263 e. The van der Waals surface area contributed by atoms with Crippen LogP contribution in [0.25, 0.3) is 0 Å². The van der Waals surface area contributed by atoms with E-state index in [0.29, 0.717) is 24.3 Å². The van der Waals surface area contributed by atoms with Crippen LogP contribution in [-0.2, 0) is 0 Å². The highest BCUT2D eigenvalue weighted by Gasteiger charge is 2.26. The zero-order chi connectivity index (χ0) is 17.2. The van der Waals surface area contributed by atoms with Crippen LogP contribution in [0.5, 0.6) is 5.88 Å². The van der Waals surface area contributed by atoms with Gasteiger partial charge >= 0.3 is 0 Å². The van der Waals surface area contributed by atoms with Crippen LogP contribution >= 0.6 is 11.3 Å². The highest BCUT2D eigenvalue weighted by atomic mass is 32.1. The van der Waals surface area contributed by atoms with E-state index in [2.05, 4.69) is 9.97 Å². The summed E-state index contributed by atoms with van der Waals surface area (Å²) in [6, 6.07) is 3.96. The van der Waals surface area contributed by atoms with Crippen molar-refractivity contribution in [1.82, 2.24) is 14.9 Å². The van der Waals surface area contributed by atoms with Crippen LogP contribution in [0, 0.1) is 12.8 Å². The van der Waals surface area contributed by atoms with Crippen LogP contribution in [0.15, 0.2) is 23.8 Å². The first-order valence-corrected chi connectivity index (χ1v) is 9.86. The van der Waals surface area contributed by atoms with Crippen LogP contribution in [0.3, 0.4) is 0 Å². The topological polar surface area (TPSA) is 55.3 Å². The molecule has 1 saturated heterocycles. The second-order valence-corrected chi connectivity index (χ2v) is 8.00. The van der Waals surface area contributed by atoms with E-state index in [1.54, 1.807) is 6.33 Å². The van der Waals surface area contributed by atoms with Gasteiger partial charge in [-0.25, -0.2) is 9.97 Å². The van der Waals surface area contributed by atoms with Gasteiger partial charge in [0.25, 0.3) is 5.91 Å². The molecule has 2 aromatic rings. The Bertz CT molecular complexity index is 749. The minimum atomic E-state index is 0.169. The summed E-state index contributed by atoms with van der Waals surface area (Å²) in [5, 5.41) is 2.03. The molecule has 0 radical (unpaired) electrons. The van der Waals surface area contributed by atoms with Gasteiger partial charge in [-0.3, -0.25) is 4.79 Å². The molecule has 132 valence electrons. The van der Waals surface area contributed by atoms with Crippen LogP contribution in [0.4, 0.5) is 0 Å². The first-order chi connectivity index (χ1) is 12.2. The van der Waals surface area contributed by atoms with Crippen molar-refractivity contribution in [3.8, 4) is 5.88 Å². The fourth-order valence-corrected chi connectivity index (χ4v) is 4.10. The van der Waals surface area contributed by atoms with E-state index in [4.69, 9.17) is 4.74 Å². The average molecular weight is 357 g/mol. The molecular formula is C19H23N3O2S. The molecule has 0 atom stereocenters. The summed E-state index contributed by atoms with van der Waals surface area (Å²) in [6.07, 6.45) is 6.03. The lowest BCUT2D eigenvalue weighted by Crippen LogP contribution is -2.39. The van der Waals surface area contributed by atoms with Gasteiger partial charge < -0.3 is 9.64 Å². The van der Waals surface area contributed by atoms with E-state index in [0.717, 1.165) is 42.1 Å². The number of piperidine rings is 1. The molecule has 1 saturated carbocycles. The molecule has 3 heterocycles. The third-order valence-corrected chi connectivity index (χ3v) is 6.00. The summed E-state index contributed by atoms with van der Waals surface area (Å²) < 4.78 is 5.90. The van der Waals surface area contributed by atoms with Crippen molar-refractivity contribution < 1.29 is 9.53 Å². The standard InChI is InChI=1S/C19H23N3O2S/c1-13-8-17(25-11-13)19(23)22-6-4-14(5-7-22)10-24-18-9-16(15-2-3-15)20-12-21-18/h8-9,11-12,14-15H,2-7,10H2,1H3. The van der Waals surface area contributed by atoms with Crippen LogP contribution in [0.2, 0.25) is 0 Å². The number of carbonyl (C=O) groups excluding carboxylic acids is 1. The maximum absolute atomic E-state index is 12.5. The van der Waals surface area contributed by atoms with E-state index in [1.165, 1.54) is 24.2 Å². The van der Waals surface area contributed by atoms with Gasteiger partial charge in [0, 0.05) is 25.1 Å². The molecule has 0 spiro atoms. The van der Waals surface area contributed by atoms with E-state index in [9.17, 15) is 4.79 Å². The highest BCUT2D eigenvalue weighted by Crippen LogP contribution is 2.39. The molecule has 5 nitrogen and oxygen atoms in total. The number of ether oxygens (including phenoxy) is 1. The third kappa shape index (κ3) is 4.00. The Morgan fingerprint density at radius 3 is 2.72 bits per heavy atom. The number of thiophene rings is 1. The maximum Gasteiger partial charge on any atom is 0.263 e. The molecule has 2 aliphatic rings. The molecule has 4 rings (SSSR count). The van der Waals surface area contributed by atoms with Crippen molar-refractivity contribution in [2.24, 2.45) is 5.92 Å². The molecule has 0 bridgehead atoms. The molecule has 0 N–H and O–H groups in total. The Labute approximate surface area is 152 Å².